The van der Waals surface area contributed by atoms with Crippen LogP contribution >= 0.6 is 0 Å². The average molecular weight is 339 g/mol. The van der Waals surface area contributed by atoms with Gasteiger partial charge < -0.3 is 14.2 Å². The molecule has 2 aromatic rings. The molecule has 25 heavy (non-hydrogen) atoms. The summed E-state index contributed by atoms with van der Waals surface area (Å²) in [6.07, 6.45) is 5.08. The van der Waals surface area contributed by atoms with Crippen molar-refractivity contribution in [3.05, 3.63) is 47.5 Å². The van der Waals surface area contributed by atoms with E-state index >= 15 is 0 Å². The number of carbonyl (C=O) groups is 1. The van der Waals surface area contributed by atoms with Crippen molar-refractivity contribution in [3.63, 3.8) is 0 Å². The van der Waals surface area contributed by atoms with Crippen molar-refractivity contribution in [3.8, 4) is 5.75 Å². The average Bonchev–Trinajstić information content (AvgIpc) is 3.32. The van der Waals surface area contributed by atoms with Crippen LogP contribution in [0.2, 0.25) is 0 Å². The lowest BCUT2D eigenvalue weighted by Gasteiger charge is -2.39. The van der Waals surface area contributed by atoms with Gasteiger partial charge in [0.2, 0.25) is 5.91 Å². The van der Waals surface area contributed by atoms with E-state index in [-0.39, 0.29) is 5.91 Å². The molecular formula is C20H25N3O2. The predicted octanol–water partition coefficient (Wildman–Crippen LogP) is 2.78. The van der Waals surface area contributed by atoms with Crippen LogP contribution in [0, 0.1) is 12.8 Å². The largest absolute Gasteiger partial charge is 0.497 e. The van der Waals surface area contributed by atoms with E-state index in [2.05, 4.69) is 16.5 Å². The summed E-state index contributed by atoms with van der Waals surface area (Å²) in [5.41, 5.74) is 2.24. The number of aromatic nitrogens is 2. The first kappa shape index (κ1) is 16.2. The van der Waals surface area contributed by atoms with Gasteiger partial charge in [0.15, 0.2) is 0 Å². The summed E-state index contributed by atoms with van der Waals surface area (Å²) >= 11 is 0. The molecule has 1 aromatic carbocycles. The fourth-order valence-electron chi connectivity index (χ4n) is 3.52. The van der Waals surface area contributed by atoms with Crippen molar-refractivity contribution < 1.29 is 9.53 Å². The normalized spacial score (nSPS) is 17.4. The molecule has 132 valence electrons. The highest BCUT2D eigenvalue weighted by Crippen LogP contribution is 2.34. The first-order valence-corrected chi connectivity index (χ1v) is 9.06. The molecule has 0 radical (unpaired) electrons. The first-order valence-electron chi connectivity index (χ1n) is 9.06. The fourth-order valence-corrected chi connectivity index (χ4v) is 3.52. The Balaban J connectivity index is 1.36. The van der Waals surface area contributed by atoms with Gasteiger partial charge in [-0.25, -0.2) is 4.98 Å². The number of hydrogen-bond donors (Lipinski definition) is 0. The molecule has 1 aliphatic heterocycles. The van der Waals surface area contributed by atoms with Gasteiger partial charge in [0.1, 0.15) is 11.6 Å². The molecule has 0 unspecified atom stereocenters. The second-order valence-corrected chi connectivity index (χ2v) is 7.34. The molecule has 1 aromatic heterocycles. The lowest BCUT2D eigenvalue weighted by atomic mass is 9.97. The smallest absolute Gasteiger partial charge is 0.227 e. The summed E-state index contributed by atoms with van der Waals surface area (Å²) in [5.74, 6) is 3.35. The molecule has 1 amide bonds. The summed E-state index contributed by atoms with van der Waals surface area (Å²) in [6, 6.07) is 7.73. The van der Waals surface area contributed by atoms with Gasteiger partial charge in [-0.2, -0.15) is 0 Å². The van der Waals surface area contributed by atoms with Crippen LogP contribution in [0.25, 0.3) is 0 Å². The van der Waals surface area contributed by atoms with E-state index in [1.165, 1.54) is 18.5 Å². The SMILES string of the molecule is COc1cccc(CC(=O)N2CC(c3ncc(C)n3CC3CC3)C2)c1. The van der Waals surface area contributed by atoms with Crippen molar-refractivity contribution in [2.24, 2.45) is 5.92 Å². The topological polar surface area (TPSA) is 47.4 Å². The van der Waals surface area contributed by atoms with Crippen LogP contribution in [0.15, 0.2) is 30.5 Å². The van der Waals surface area contributed by atoms with Crippen molar-refractivity contribution in [1.82, 2.24) is 14.5 Å². The summed E-state index contributed by atoms with van der Waals surface area (Å²) in [4.78, 5) is 19.1. The first-order chi connectivity index (χ1) is 12.1. The summed E-state index contributed by atoms with van der Waals surface area (Å²) in [7, 11) is 1.65. The Morgan fingerprint density at radius 2 is 2.12 bits per heavy atom. The van der Waals surface area contributed by atoms with Gasteiger partial charge in [-0.3, -0.25) is 4.79 Å². The maximum atomic E-state index is 12.5. The molecule has 5 nitrogen and oxygen atoms in total. The Kier molecular flexibility index (Phi) is 4.24. The standard InChI is InChI=1S/C20H25N3O2/c1-14-10-21-20(23(14)11-15-6-7-15)17-12-22(13-17)19(24)9-16-4-3-5-18(8-16)25-2/h3-5,8,10,15,17H,6-7,9,11-13H2,1-2H3. The maximum absolute atomic E-state index is 12.5. The Hall–Kier alpha value is -2.30. The van der Waals surface area contributed by atoms with Gasteiger partial charge in [-0.15, -0.1) is 0 Å². The Labute approximate surface area is 148 Å². The molecule has 0 bridgehead atoms. The third-order valence-corrected chi connectivity index (χ3v) is 5.31. The van der Waals surface area contributed by atoms with Gasteiger partial charge in [0, 0.05) is 31.5 Å². The van der Waals surface area contributed by atoms with Crippen molar-refractivity contribution in [1.29, 1.82) is 0 Å². The molecule has 5 heteroatoms. The zero-order valence-electron chi connectivity index (χ0n) is 14.9. The molecule has 0 N–H and O–H groups in total. The van der Waals surface area contributed by atoms with Crippen LogP contribution in [0.1, 0.15) is 35.8 Å². The number of methoxy groups -OCH3 is 1. The van der Waals surface area contributed by atoms with Gasteiger partial charge in [0.25, 0.3) is 0 Å². The van der Waals surface area contributed by atoms with E-state index < -0.39 is 0 Å². The van der Waals surface area contributed by atoms with Gasteiger partial charge in [0.05, 0.1) is 19.4 Å². The predicted molar refractivity (Wildman–Crippen MR) is 95.7 cm³/mol. The number of ether oxygens (including phenoxy) is 1. The number of carbonyl (C=O) groups excluding carboxylic acids is 1. The highest BCUT2D eigenvalue weighted by Gasteiger charge is 2.35. The molecule has 1 aliphatic carbocycles. The van der Waals surface area contributed by atoms with E-state index in [1.807, 2.05) is 35.4 Å². The lowest BCUT2D eigenvalue weighted by Crippen LogP contribution is -2.50. The Morgan fingerprint density at radius 1 is 1.32 bits per heavy atom. The van der Waals surface area contributed by atoms with Gasteiger partial charge in [-0.1, -0.05) is 12.1 Å². The molecule has 2 fully saturated rings. The number of aryl methyl sites for hydroxylation is 1. The number of hydrogen-bond acceptors (Lipinski definition) is 3. The minimum absolute atomic E-state index is 0.182. The Bertz CT molecular complexity index is 773. The van der Waals surface area contributed by atoms with Crippen LogP contribution in [0.4, 0.5) is 0 Å². The van der Waals surface area contributed by atoms with Crippen LogP contribution in [0.3, 0.4) is 0 Å². The number of likely N-dealkylation sites (tertiary alicyclic amines) is 1. The fraction of sp³-hybridized carbons (Fsp3) is 0.500. The molecule has 0 spiro atoms. The van der Waals surface area contributed by atoms with Gasteiger partial charge in [-0.05, 0) is 43.4 Å². The minimum Gasteiger partial charge on any atom is -0.497 e. The highest BCUT2D eigenvalue weighted by molar-refractivity contribution is 5.79. The third-order valence-electron chi connectivity index (χ3n) is 5.31. The third kappa shape index (κ3) is 3.41. The zero-order valence-corrected chi connectivity index (χ0v) is 14.9. The summed E-state index contributed by atoms with van der Waals surface area (Å²) in [6.45, 7) is 4.78. The Morgan fingerprint density at radius 3 is 2.84 bits per heavy atom. The van der Waals surface area contributed by atoms with Crippen LogP contribution in [0.5, 0.6) is 5.75 Å². The van der Waals surface area contributed by atoms with Crippen LogP contribution in [-0.4, -0.2) is 40.6 Å². The number of rotatable bonds is 6. The molecule has 2 aliphatic rings. The lowest BCUT2D eigenvalue weighted by molar-refractivity contribution is -0.135. The second kappa shape index (κ2) is 6.54. The van der Waals surface area contributed by atoms with Gasteiger partial charge >= 0.3 is 0 Å². The van der Waals surface area contributed by atoms with E-state index in [4.69, 9.17) is 4.74 Å². The van der Waals surface area contributed by atoms with E-state index in [9.17, 15) is 4.79 Å². The van der Waals surface area contributed by atoms with Crippen molar-refractivity contribution in [2.75, 3.05) is 20.2 Å². The zero-order chi connectivity index (χ0) is 17.4. The number of benzene rings is 1. The molecule has 0 atom stereocenters. The molecule has 1 saturated heterocycles. The molecule has 4 rings (SSSR count). The molecule has 1 saturated carbocycles. The number of imidazole rings is 1. The minimum atomic E-state index is 0.182. The monoisotopic (exact) mass is 339 g/mol. The molecular weight excluding hydrogens is 314 g/mol. The maximum Gasteiger partial charge on any atom is 0.227 e. The molecule has 2 heterocycles. The van der Waals surface area contributed by atoms with Crippen LogP contribution in [-0.2, 0) is 17.8 Å². The van der Waals surface area contributed by atoms with Crippen molar-refractivity contribution in [2.45, 2.75) is 38.6 Å². The van der Waals surface area contributed by atoms with E-state index in [0.717, 1.165) is 42.7 Å². The second-order valence-electron chi connectivity index (χ2n) is 7.34. The summed E-state index contributed by atoms with van der Waals surface area (Å²) in [5, 5.41) is 0. The highest BCUT2D eigenvalue weighted by atomic mass is 16.5. The van der Waals surface area contributed by atoms with E-state index in [1.54, 1.807) is 7.11 Å². The number of nitrogens with zero attached hydrogens (tertiary/aromatic N) is 3. The van der Waals surface area contributed by atoms with Crippen LogP contribution < -0.4 is 4.74 Å². The number of amides is 1. The van der Waals surface area contributed by atoms with Crippen molar-refractivity contribution >= 4 is 5.91 Å². The summed E-state index contributed by atoms with van der Waals surface area (Å²) < 4.78 is 7.60. The van der Waals surface area contributed by atoms with E-state index in [0.29, 0.717) is 12.3 Å². The quantitative estimate of drug-likeness (QED) is 0.813.